The van der Waals surface area contributed by atoms with E-state index in [-0.39, 0.29) is 12.2 Å². The molecular weight excluding hydrogens is 288 g/mol. The first-order valence-corrected chi connectivity index (χ1v) is 9.58. The third-order valence-electron chi connectivity index (χ3n) is 5.93. The minimum atomic E-state index is -0.0944. The summed E-state index contributed by atoms with van der Waals surface area (Å²) in [5, 5.41) is 0. The highest BCUT2D eigenvalue weighted by atomic mass is 16.6. The molecule has 0 aromatic heterocycles. The molecule has 4 heteroatoms. The fourth-order valence-corrected chi connectivity index (χ4v) is 4.44. The minimum Gasteiger partial charge on any atom is -0.446 e. The maximum absolute atomic E-state index is 12.4. The number of carbonyl (C=O) groups excluding carboxylic acids is 1. The van der Waals surface area contributed by atoms with Crippen molar-refractivity contribution in [2.75, 3.05) is 26.2 Å². The van der Waals surface area contributed by atoms with Crippen LogP contribution in [0.5, 0.6) is 0 Å². The van der Waals surface area contributed by atoms with E-state index in [1.165, 1.54) is 38.5 Å². The van der Waals surface area contributed by atoms with Crippen LogP contribution in [0.3, 0.4) is 0 Å². The molecule has 23 heavy (non-hydrogen) atoms. The molecule has 1 heterocycles. The number of piperazine rings is 1. The van der Waals surface area contributed by atoms with Crippen LogP contribution in [0.4, 0.5) is 4.79 Å². The van der Waals surface area contributed by atoms with Crippen LogP contribution in [0.2, 0.25) is 0 Å². The first-order chi connectivity index (χ1) is 11.3. The first kappa shape index (κ1) is 16.8. The summed E-state index contributed by atoms with van der Waals surface area (Å²) in [5.74, 6) is 0.518. The average molecular weight is 320 g/mol. The summed E-state index contributed by atoms with van der Waals surface area (Å²) in [5.41, 5.74) is 0. The van der Waals surface area contributed by atoms with Crippen molar-refractivity contribution in [2.24, 2.45) is 5.92 Å². The molecule has 2 aliphatic carbocycles. The second-order valence-electron chi connectivity index (χ2n) is 7.48. The molecule has 0 N–H and O–H groups in total. The maximum Gasteiger partial charge on any atom is 0.410 e. The van der Waals surface area contributed by atoms with Gasteiger partial charge in [-0.1, -0.05) is 25.3 Å². The van der Waals surface area contributed by atoms with E-state index in [0.29, 0.717) is 5.92 Å². The fourth-order valence-electron chi connectivity index (χ4n) is 4.44. The molecule has 1 unspecified atom stereocenters. The number of hydrogen-bond donors (Lipinski definition) is 0. The maximum atomic E-state index is 12.4. The van der Waals surface area contributed by atoms with Crippen LogP contribution in [0.15, 0.2) is 12.7 Å². The van der Waals surface area contributed by atoms with Gasteiger partial charge in [0, 0.05) is 32.2 Å². The highest BCUT2D eigenvalue weighted by molar-refractivity contribution is 5.68. The van der Waals surface area contributed by atoms with Crippen LogP contribution in [0.25, 0.3) is 0 Å². The zero-order chi connectivity index (χ0) is 16.1. The van der Waals surface area contributed by atoms with Crippen molar-refractivity contribution in [3.05, 3.63) is 12.7 Å². The number of nitrogens with zero attached hydrogens (tertiary/aromatic N) is 2. The molecule has 0 aromatic carbocycles. The Morgan fingerprint density at radius 1 is 0.957 bits per heavy atom. The lowest BCUT2D eigenvalue weighted by Crippen LogP contribution is -2.52. The summed E-state index contributed by atoms with van der Waals surface area (Å²) in [4.78, 5) is 16.9. The summed E-state index contributed by atoms with van der Waals surface area (Å²) >= 11 is 0. The van der Waals surface area contributed by atoms with Crippen LogP contribution < -0.4 is 0 Å². The van der Waals surface area contributed by atoms with E-state index in [4.69, 9.17) is 4.74 Å². The van der Waals surface area contributed by atoms with Crippen molar-refractivity contribution in [3.63, 3.8) is 0 Å². The van der Waals surface area contributed by atoms with Gasteiger partial charge in [-0.15, -0.1) is 6.58 Å². The second-order valence-corrected chi connectivity index (χ2v) is 7.48. The molecule has 0 aromatic rings. The van der Waals surface area contributed by atoms with Gasteiger partial charge in [0.2, 0.25) is 0 Å². The number of ether oxygens (including phenoxy) is 1. The van der Waals surface area contributed by atoms with Gasteiger partial charge >= 0.3 is 6.09 Å². The quantitative estimate of drug-likeness (QED) is 0.741. The van der Waals surface area contributed by atoms with E-state index in [1.54, 1.807) is 0 Å². The van der Waals surface area contributed by atoms with Crippen LogP contribution in [0.1, 0.15) is 57.8 Å². The van der Waals surface area contributed by atoms with Crippen molar-refractivity contribution >= 4 is 6.09 Å². The number of carbonyl (C=O) groups is 1. The zero-order valence-corrected chi connectivity index (χ0v) is 14.4. The summed E-state index contributed by atoms with van der Waals surface area (Å²) in [6.45, 7) is 7.56. The first-order valence-electron chi connectivity index (χ1n) is 9.58. The minimum absolute atomic E-state index is 0.0932. The SMILES string of the molecule is C=C[C@@H]1CCCC(OC(=O)N2CCN(C3CCCCC3)CC2)C1. The molecule has 0 bridgehead atoms. The molecule has 1 aliphatic heterocycles. The highest BCUT2D eigenvalue weighted by Crippen LogP contribution is 2.28. The van der Waals surface area contributed by atoms with E-state index < -0.39 is 0 Å². The molecule has 0 radical (unpaired) electrons. The predicted molar refractivity (Wildman–Crippen MR) is 92.4 cm³/mol. The van der Waals surface area contributed by atoms with Gasteiger partial charge in [-0.3, -0.25) is 4.90 Å². The fraction of sp³-hybridized carbons (Fsp3) is 0.842. The smallest absolute Gasteiger partial charge is 0.410 e. The van der Waals surface area contributed by atoms with Gasteiger partial charge in [0.1, 0.15) is 6.10 Å². The Morgan fingerprint density at radius 3 is 2.39 bits per heavy atom. The van der Waals surface area contributed by atoms with E-state index >= 15 is 0 Å². The molecule has 2 atom stereocenters. The lowest BCUT2D eigenvalue weighted by Gasteiger charge is -2.40. The van der Waals surface area contributed by atoms with Crippen LogP contribution in [-0.2, 0) is 4.74 Å². The lowest BCUT2D eigenvalue weighted by molar-refractivity contribution is 0.0197. The summed E-state index contributed by atoms with van der Waals surface area (Å²) < 4.78 is 5.76. The Balaban J connectivity index is 1.42. The van der Waals surface area contributed by atoms with Gasteiger partial charge in [0.25, 0.3) is 0 Å². The van der Waals surface area contributed by atoms with Crippen molar-refractivity contribution in [1.82, 2.24) is 9.80 Å². The Hall–Kier alpha value is -1.03. The monoisotopic (exact) mass is 320 g/mol. The molecule has 1 saturated heterocycles. The Kier molecular flexibility index (Phi) is 5.98. The number of allylic oxidation sites excluding steroid dienone is 1. The van der Waals surface area contributed by atoms with Crippen LogP contribution in [0, 0.1) is 5.92 Å². The topological polar surface area (TPSA) is 32.8 Å². The largest absolute Gasteiger partial charge is 0.446 e. The van der Waals surface area contributed by atoms with E-state index in [2.05, 4.69) is 11.5 Å². The standard InChI is InChI=1S/C19H32N2O2/c1-2-16-7-6-10-18(15-16)23-19(22)21-13-11-20(12-14-21)17-8-4-3-5-9-17/h2,16-18H,1,3-15H2/t16-,18?/m1/s1. The third kappa shape index (κ3) is 4.50. The van der Waals surface area contributed by atoms with Gasteiger partial charge in [0.05, 0.1) is 0 Å². The van der Waals surface area contributed by atoms with Gasteiger partial charge < -0.3 is 9.64 Å². The van der Waals surface area contributed by atoms with E-state index in [0.717, 1.165) is 51.5 Å². The highest BCUT2D eigenvalue weighted by Gasteiger charge is 2.30. The predicted octanol–water partition coefficient (Wildman–Crippen LogP) is 3.82. The average Bonchev–Trinajstić information content (AvgIpc) is 2.63. The number of amides is 1. The number of rotatable bonds is 3. The van der Waals surface area contributed by atoms with Crippen molar-refractivity contribution < 1.29 is 9.53 Å². The van der Waals surface area contributed by atoms with E-state index in [9.17, 15) is 4.79 Å². The molecule has 3 aliphatic rings. The van der Waals surface area contributed by atoms with Crippen molar-refractivity contribution in [2.45, 2.75) is 69.9 Å². The summed E-state index contributed by atoms with van der Waals surface area (Å²) in [6.07, 6.45) is 13.2. The molecule has 130 valence electrons. The van der Waals surface area contributed by atoms with E-state index in [1.807, 2.05) is 11.0 Å². The molecule has 0 spiro atoms. The summed E-state index contributed by atoms with van der Waals surface area (Å²) in [6, 6.07) is 0.758. The molecule has 3 fully saturated rings. The van der Waals surface area contributed by atoms with Gasteiger partial charge in [-0.25, -0.2) is 4.79 Å². The second kappa shape index (κ2) is 8.18. The molecule has 2 saturated carbocycles. The third-order valence-corrected chi connectivity index (χ3v) is 5.93. The zero-order valence-electron chi connectivity index (χ0n) is 14.4. The van der Waals surface area contributed by atoms with Crippen molar-refractivity contribution in [3.8, 4) is 0 Å². The van der Waals surface area contributed by atoms with Crippen LogP contribution in [-0.4, -0.2) is 54.2 Å². The Labute approximate surface area is 140 Å². The number of hydrogen-bond acceptors (Lipinski definition) is 3. The van der Waals surface area contributed by atoms with Crippen molar-refractivity contribution in [1.29, 1.82) is 0 Å². The molecule has 3 rings (SSSR count). The lowest BCUT2D eigenvalue weighted by atomic mass is 9.87. The summed E-state index contributed by atoms with van der Waals surface area (Å²) in [7, 11) is 0. The Morgan fingerprint density at radius 2 is 1.70 bits per heavy atom. The van der Waals surface area contributed by atoms with Gasteiger partial charge in [0.15, 0.2) is 0 Å². The molecular formula is C19H32N2O2. The van der Waals surface area contributed by atoms with Crippen LogP contribution >= 0.6 is 0 Å². The van der Waals surface area contributed by atoms with Gasteiger partial charge in [-0.2, -0.15) is 0 Å². The molecule has 1 amide bonds. The van der Waals surface area contributed by atoms with Gasteiger partial charge in [-0.05, 0) is 44.4 Å². The molecule has 4 nitrogen and oxygen atoms in total. The Bertz CT molecular complexity index is 398. The normalized spacial score (nSPS) is 30.9.